The molecule has 0 saturated carbocycles. The predicted molar refractivity (Wildman–Crippen MR) is 186 cm³/mol. The van der Waals surface area contributed by atoms with Gasteiger partial charge in [0.15, 0.2) is 5.82 Å². The van der Waals surface area contributed by atoms with Gasteiger partial charge < -0.3 is 34.3 Å². The molecule has 1 atom stereocenters. The zero-order chi connectivity index (χ0) is 33.7. The van der Waals surface area contributed by atoms with Crippen molar-refractivity contribution in [2.75, 3.05) is 79.1 Å². The number of halogens is 1. The van der Waals surface area contributed by atoms with Gasteiger partial charge in [-0.2, -0.15) is 0 Å². The van der Waals surface area contributed by atoms with Crippen molar-refractivity contribution in [3.63, 3.8) is 0 Å². The van der Waals surface area contributed by atoms with Crippen LogP contribution in [0.15, 0.2) is 29.3 Å². The van der Waals surface area contributed by atoms with Crippen LogP contribution in [0.3, 0.4) is 0 Å². The molecule has 12 nitrogen and oxygen atoms in total. The van der Waals surface area contributed by atoms with Gasteiger partial charge in [-0.05, 0) is 64.4 Å². The highest BCUT2D eigenvalue weighted by atomic mass is 35.5. The number of amides is 1. The van der Waals surface area contributed by atoms with Gasteiger partial charge in [0.05, 0.1) is 77.7 Å². The second kappa shape index (κ2) is 18.9. The fraction of sp³-hybridized carbons (Fsp3) is 0.588. The molecule has 1 saturated heterocycles. The van der Waals surface area contributed by atoms with Crippen LogP contribution in [0.4, 0.5) is 0 Å². The topological polar surface area (TPSA) is 130 Å². The van der Waals surface area contributed by atoms with Crippen molar-refractivity contribution < 1.29 is 28.5 Å². The summed E-state index contributed by atoms with van der Waals surface area (Å²) < 4.78 is 30.2. The number of fused-ring (bicyclic) bond motifs is 3. The molecule has 3 aromatic rings. The molecule has 0 radical (unpaired) electrons. The molecule has 1 unspecified atom stereocenters. The lowest BCUT2D eigenvalue weighted by Crippen LogP contribution is -2.33. The molecular formula is C34H47ClN6O6S. The summed E-state index contributed by atoms with van der Waals surface area (Å²) >= 11 is 7.88. The van der Waals surface area contributed by atoms with E-state index in [0.29, 0.717) is 83.0 Å². The number of carbonyl (C=O) groups excluding carboxylic acids is 1. The Morgan fingerprint density at radius 3 is 2.21 bits per heavy atom. The summed E-state index contributed by atoms with van der Waals surface area (Å²) in [6, 6.07) is 7.13. The number of ether oxygens (including phenoxy) is 5. The molecular weight excluding hydrogens is 656 g/mol. The molecule has 0 bridgehead atoms. The van der Waals surface area contributed by atoms with Crippen LogP contribution in [0.1, 0.15) is 58.5 Å². The Hall–Kier alpha value is -2.75. The monoisotopic (exact) mass is 702 g/mol. The number of carbonyl (C=O) groups is 1. The van der Waals surface area contributed by atoms with Crippen molar-refractivity contribution in [1.29, 1.82) is 0 Å². The zero-order valence-corrected chi connectivity index (χ0v) is 29.7. The third-order valence-corrected chi connectivity index (χ3v) is 9.73. The maximum atomic E-state index is 13.1. The molecule has 262 valence electrons. The Kier molecular flexibility index (Phi) is 14.4. The quantitative estimate of drug-likeness (QED) is 0.177. The van der Waals surface area contributed by atoms with Gasteiger partial charge in [-0.25, -0.2) is 0 Å². The second-order valence-electron chi connectivity index (χ2n) is 11.7. The molecule has 0 aliphatic carbocycles. The molecule has 2 aliphatic heterocycles. The van der Waals surface area contributed by atoms with E-state index in [9.17, 15) is 4.79 Å². The summed E-state index contributed by atoms with van der Waals surface area (Å²) in [5, 5.41) is 16.8. The number of thiophene rings is 1. The number of hydrogen-bond donors (Lipinski definition) is 2. The van der Waals surface area contributed by atoms with E-state index >= 15 is 0 Å². The average Bonchev–Trinajstić information content (AvgIpc) is 3.57. The summed E-state index contributed by atoms with van der Waals surface area (Å²) in [6.07, 6.45) is 2.62. The lowest BCUT2D eigenvalue weighted by Gasteiger charge is -2.22. The van der Waals surface area contributed by atoms with Crippen molar-refractivity contribution in [3.05, 3.63) is 62.5 Å². The highest BCUT2D eigenvalue weighted by molar-refractivity contribution is 7.15. The summed E-state index contributed by atoms with van der Waals surface area (Å²) in [6.45, 7) is 13.1. The van der Waals surface area contributed by atoms with Crippen molar-refractivity contribution >= 4 is 34.6 Å². The Morgan fingerprint density at radius 2 is 1.54 bits per heavy atom. The SMILES string of the molecule is Cc1sc2c(c1C)C(c1ccc(Cl)cc1)=NC(CC(=O)NCCOCCOCCOCCOCCOC1CCNCC1)c1nnc(C)n1-2. The summed E-state index contributed by atoms with van der Waals surface area (Å²) in [7, 11) is 0. The first-order valence-corrected chi connectivity index (χ1v) is 17.9. The van der Waals surface area contributed by atoms with E-state index in [0.717, 1.165) is 59.2 Å². The van der Waals surface area contributed by atoms with E-state index in [1.54, 1.807) is 11.3 Å². The van der Waals surface area contributed by atoms with Crippen molar-refractivity contribution in [2.45, 2.75) is 52.2 Å². The number of aryl methyl sites for hydroxylation is 2. The predicted octanol–water partition coefficient (Wildman–Crippen LogP) is 4.14. The molecule has 0 spiro atoms. The van der Waals surface area contributed by atoms with Crippen molar-refractivity contribution in [1.82, 2.24) is 25.4 Å². The number of aromatic nitrogens is 3. The third-order valence-electron chi connectivity index (χ3n) is 8.29. The van der Waals surface area contributed by atoms with Gasteiger partial charge >= 0.3 is 0 Å². The number of rotatable bonds is 19. The Labute approximate surface area is 291 Å². The minimum absolute atomic E-state index is 0.127. The van der Waals surface area contributed by atoms with E-state index in [1.807, 2.05) is 35.8 Å². The number of piperidine rings is 1. The van der Waals surface area contributed by atoms with Gasteiger partial charge in [-0.1, -0.05) is 23.7 Å². The average molecular weight is 703 g/mol. The van der Waals surface area contributed by atoms with E-state index in [4.69, 9.17) is 40.3 Å². The Balaban J connectivity index is 0.982. The molecule has 48 heavy (non-hydrogen) atoms. The molecule has 1 aromatic carbocycles. The molecule has 14 heteroatoms. The second-order valence-corrected chi connectivity index (χ2v) is 13.4. The van der Waals surface area contributed by atoms with Gasteiger partial charge in [-0.15, -0.1) is 21.5 Å². The molecule has 1 amide bonds. The van der Waals surface area contributed by atoms with Crippen molar-refractivity contribution in [2.24, 2.45) is 4.99 Å². The first-order chi connectivity index (χ1) is 23.4. The lowest BCUT2D eigenvalue weighted by molar-refractivity contribution is -0.121. The summed E-state index contributed by atoms with van der Waals surface area (Å²) in [5.41, 5.74) is 3.94. The first-order valence-electron chi connectivity index (χ1n) is 16.7. The molecule has 5 rings (SSSR count). The number of nitrogens with zero attached hydrogens (tertiary/aromatic N) is 4. The number of aliphatic imine (C=N–C) groups is 1. The molecule has 2 aromatic heterocycles. The largest absolute Gasteiger partial charge is 0.377 e. The van der Waals surface area contributed by atoms with E-state index < -0.39 is 6.04 Å². The van der Waals surface area contributed by atoms with Crippen molar-refractivity contribution in [3.8, 4) is 5.00 Å². The Morgan fingerprint density at radius 1 is 0.917 bits per heavy atom. The number of nitrogens with one attached hydrogen (secondary N) is 2. The van der Waals surface area contributed by atoms with E-state index in [1.165, 1.54) is 4.88 Å². The van der Waals surface area contributed by atoms with Crippen LogP contribution in [-0.4, -0.2) is 112 Å². The maximum Gasteiger partial charge on any atom is 0.222 e. The van der Waals surface area contributed by atoms with Gasteiger partial charge in [0.25, 0.3) is 0 Å². The zero-order valence-electron chi connectivity index (χ0n) is 28.1. The van der Waals surface area contributed by atoms with Gasteiger partial charge in [0.2, 0.25) is 5.91 Å². The van der Waals surface area contributed by atoms with Crippen LogP contribution < -0.4 is 10.6 Å². The Bertz CT molecular complexity index is 1490. The minimum atomic E-state index is -0.516. The van der Waals surface area contributed by atoms with Gasteiger partial charge in [-0.3, -0.25) is 14.4 Å². The number of benzene rings is 1. The standard InChI is InChI=1S/C34H47ClN6O6S/c1-23-24(2)48-34-31(23)32(26-4-6-27(35)7-5-26)38-29(33-40-39-25(3)41(33)34)22-30(42)37-12-13-43-14-15-44-16-17-45-18-19-46-20-21-47-28-8-10-36-11-9-28/h4-7,28-29,36H,8-22H2,1-3H3,(H,37,42). The fourth-order valence-corrected chi connectivity index (χ4v) is 6.98. The highest BCUT2D eigenvalue weighted by Gasteiger charge is 2.32. The van der Waals surface area contributed by atoms with Crippen LogP contribution in [0, 0.1) is 20.8 Å². The van der Waals surface area contributed by atoms with Crippen LogP contribution in [-0.2, 0) is 28.5 Å². The molecule has 2 aliphatic rings. The van der Waals surface area contributed by atoms with Gasteiger partial charge in [0, 0.05) is 27.6 Å². The maximum absolute atomic E-state index is 13.1. The summed E-state index contributed by atoms with van der Waals surface area (Å²) in [5.74, 6) is 1.27. The molecule has 4 heterocycles. The van der Waals surface area contributed by atoms with Gasteiger partial charge in [0.1, 0.15) is 16.9 Å². The molecule has 2 N–H and O–H groups in total. The third kappa shape index (κ3) is 10.1. The van der Waals surface area contributed by atoms with E-state index in [-0.39, 0.29) is 12.3 Å². The van der Waals surface area contributed by atoms with Crippen LogP contribution >= 0.6 is 22.9 Å². The fourth-order valence-electron chi connectivity index (χ4n) is 5.64. The number of hydrogen-bond acceptors (Lipinski definition) is 11. The van der Waals surface area contributed by atoms with E-state index in [2.05, 4.69) is 34.7 Å². The highest BCUT2D eigenvalue weighted by Crippen LogP contribution is 2.39. The molecule has 1 fully saturated rings. The van der Waals surface area contributed by atoms with Crippen LogP contribution in [0.25, 0.3) is 5.00 Å². The summed E-state index contributed by atoms with van der Waals surface area (Å²) in [4.78, 5) is 19.4. The normalized spacial score (nSPS) is 16.3. The van der Waals surface area contributed by atoms with Crippen LogP contribution in [0.5, 0.6) is 0 Å². The minimum Gasteiger partial charge on any atom is -0.377 e. The smallest absolute Gasteiger partial charge is 0.222 e. The first kappa shape index (κ1) is 36.5. The lowest BCUT2D eigenvalue weighted by atomic mass is 9.99. The van der Waals surface area contributed by atoms with Crippen LogP contribution in [0.2, 0.25) is 5.02 Å².